The number of carbonyl (C=O) groups excluding carboxylic acids is 2. The Labute approximate surface area is 169 Å². The largest absolute Gasteiger partial charge is 0.506 e. The van der Waals surface area contributed by atoms with Crippen LogP contribution in [0.1, 0.15) is 46.0 Å². The highest BCUT2D eigenvalue weighted by atomic mass is 16.5. The molecule has 6 heteroatoms. The maximum atomic E-state index is 13.0. The van der Waals surface area contributed by atoms with E-state index < -0.39 is 5.41 Å². The van der Waals surface area contributed by atoms with Crippen LogP contribution >= 0.6 is 0 Å². The van der Waals surface area contributed by atoms with Gasteiger partial charge in [0.15, 0.2) is 5.78 Å². The summed E-state index contributed by atoms with van der Waals surface area (Å²) in [7, 11) is 0. The smallest absolute Gasteiger partial charge is 0.224 e. The Morgan fingerprint density at radius 3 is 2.69 bits per heavy atom. The molecule has 6 rings (SSSR count). The highest BCUT2D eigenvalue weighted by Crippen LogP contribution is 2.71. The van der Waals surface area contributed by atoms with Gasteiger partial charge in [0.2, 0.25) is 5.91 Å². The number of carbonyl (C=O) groups is 2. The number of para-hydroxylation sites is 1. The van der Waals surface area contributed by atoms with Crippen LogP contribution in [-0.2, 0) is 14.3 Å². The van der Waals surface area contributed by atoms with Gasteiger partial charge < -0.3 is 20.3 Å². The minimum absolute atomic E-state index is 0.00313. The predicted molar refractivity (Wildman–Crippen MR) is 106 cm³/mol. The number of hydrogen-bond acceptors (Lipinski definition) is 5. The summed E-state index contributed by atoms with van der Waals surface area (Å²) < 4.78 is 6.43. The summed E-state index contributed by atoms with van der Waals surface area (Å²) in [6.07, 6.45) is 7.47. The van der Waals surface area contributed by atoms with Crippen LogP contribution < -0.4 is 5.32 Å². The lowest BCUT2D eigenvalue weighted by Crippen LogP contribution is -2.56. The molecule has 4 fully saturated rings. The molecule has 1 spiro atoms. The van der Waals surface area contributed by atoms with E-state index in [1.54, 1.807) is 6.08 Å². The third-order valence-corrected chi connectivity index (χ3v) is 8.07. The van der Waals surface area contributed by atoms with Crippen LogP contribution in [0.25, 0.3) is 0 Å². The molecular formula is C23H27NO5. The minimum atomic E-state index is -0.659. The molecular weight excluding hydrogens is 370 g/mol. The van der Waals surface area contributed by atoms with Crippen LogP contribution in [0.3, 0.4) is 0 Å². The first kappa shape index (κ1) is 18.7. The molecule has 1 aromatic carbocycles. The molecule has 154 valence electrons. The van der Waals surface area contributed by atoms with E-state index in [-0.39, 0.29) is 58.3 Å². The van der Waals surface area contributed by atoms with Crippen LogP contribution in [0.5, 0.6) is 11.5 Å². The van der Waals surface area contributed by atoms with E-state index in [9.17, 15) is 19.8 Å². The van der Waals surface area contributed by atoms with Crippen molar-refractivity contribution in [2.75, 3.05) is 5.32 Å². The van der Waals surface area contributed by atoms with Gasteiger partial charge in [0, 0.05) is 17.8 Å². The van der Waals surface area contributed by atoms with Crippen LogP contribution in [0, 0.1) is 22.7 Å². The molecule has 2 aliphatic heterocycles. The van der Waals surface area contributed by atoms with Crippen molar-refractivity contribution >= 4 is 17.4 Å². The molecule has 2 heterocycles. The molecule has 0 aromatic heterocycles. The van der Waals surface area contributed by atoms with E-state index >= 15 is 0 Å². The normalized spacial score (nSPS) is 41.6. The molecule has 5 aliphatic rings. The molecule has 4 bridgehead atoms. The van der Waals surface area contributed by atoms with Gasteiger partial charge in [-0.25, -0.2) is 0 Å². The first-order valence-electron chi connectivity index (χ1n) is 10.4. The van der Waals surface area contributed by atoms with E-state index in [1.807, 2.05) is 6.92 Å². The molecule has 2 saturated heterocycles. The summed E-state index contributed by atoms with van der Waals surface area (Å²) >= 11 is 0. The van der Waals surface area contributed by atoms with Crippen molar-refractivity contribution < 1.29 is 24.5 Å². The lowest BCUT2D eigenvalue weighted by molar-refractivity contribution is -0.169. The summed E-state index contributed by atoms with van der Waals surface area (Å²) in [5.74, 6) is -0.00475. The number of allylic oxidation sites excluding steroid dienone is 2. The van der Waals surface area contributed by atoms with E-state index in [2.05, 4.69) is 18.3 Å². The minimum Gasteiger partial charge on any atom is -0.506 e. The first-order chi connectivity index (χ1) is 13.7. The van der Waals surface area contributed by atoms with Gasteiger partial charge in [0.1, 0.15) is 17.2 Å². The van der Waals surface area contributed by atoms with Crippen LogP contribution in [0.15, 0.2) is 30.4 Å². The Kier molecular flexibility index (Phi) is 3.77. The topological polar surface area (TPSA) is 95.9 Å². The molecule has 3 N–H and O–H groups in total. The second kappa shape index (κ2) is 5.85. The lowest BCUT2D eigenvalue weighted by atomic mass is 9.51. The van der Waals surface area contributed by atoms with Gasteiger partial charge in [-0.05, 0) is 62.1 Å². The van der Waals surface area contributed by atoms with E-state index in [1.165, 1.54) is 18.2 Å². The van der Waals surface area contributed by atoms with Gasteiger partial charge in [-0.15, -0.1) is 0 Å². The van der Waals surface area contributed by atoms with Crippen molar-refractivity contribution in [2.24, 2.45) is 22.7 Å². The van der Waals surface area contributed by atoms with Crippen LogP contribution in [0.2, 0.25) is 0 Å². The van der Waals surface area contributed by atoms with Gasteiger partial charge in [-0.1, -0.05) is 19.1 Å². The SMILES string of the molecule is C[C@]12C[C@@]34C=CC(=O)[C@@](C)(CCC(=O)Nc5c(O)cccc5O)C3[C@H](CC1C4)O2. The molecule has 2 unspecified atom stereocenters. The maximum absolute atomic E-state index is 13.0. The van der Waals surface area contributed by atoms with Gasteiger partial charge in [0.05, 0.1) is 11.7 Å². The highest BCUT2D eigenvalue weighted by Gasteiger charge is 2.71. The first-order valence-corrected chi connectivity index (χ1v) is 10.4. The van der Waals surface area contributed by atoms with Crippen molar-refractivity contribution in [1.82, 2.24) is 0 Å². The van der Waals surface area contributed by atoms with Crippen molar-refractivity contribution in [2.45, 2.75) is 57.7 Å². The zero-order chi connectivity index (χ0) is 20.6. The fourth-order valence-corrected chi connectivity index (χ4v) is 6.87. The van der Waals surface area contributed by atoms with Crippen molar-refractivity contribution in [3.63, 3.8) is 0 Å². The number of phenols is 2. The lowest BCUT2D eigenvalue weighted by Gasteiger charge is -2.55. The second-order valence-corrected chi connectivity index (χ2v) is 9.83. The van der Waals surface area contributed by atoms with Crippen molar-refractivity contribution in [3.05, 3.63) is 30.4 Å². The summed E-state index contributed by atoms with van der Waals surface area (Å²) in [6.45, 7) is 4.18. The van der Waals surface area contributed by atoms with Crippen molar-refractivity contribution in [3.8, 4) is 11.5 Å². The number of hydrogen-bond donors (Lipinski definition) is 3. The number of anilines is 1. The maximum Gasteiger partial charge on any atom is 0.224 e. The summed E-state index contributed by atoms with van der Waals surface area (Å²) in [6, 6.07) is 4.30. The third kappa shape index (κ3) is 2.51. The van der Waals surface area contributed by atoms with E-state index in [0.717, 1.165) is 19.3 Å². The number of ether oxygens (including phenoxy) is 1. The molecule has 1 aromatic rings. The Morgan fingerprint density at radius 2 is 2.00 bits per heavy atom. The quantitative estimate of drug-likeness (QED) is 0.676. The number of phenolic OH excluding ortho intramolecular Hbond substituents is 2. The molecule has 6 nitrogen and oxygen atoms in total. The number of rotatable bonds is 4. The number of aromatic hydroxyl groups is 2. The van der Waals surface area contributed by atoms with Crippen molar-refractivity contribution in [1.29, 1.82) is 0 Å². The number of ketones is 1. The summed E-state index contributed by atoms with van der Waals surface area (Å²) in [5.41, 5.74) is -0.737. The Balaban J connectivity index is 1.36. The van der Waals surface area contributed by atoms with E-state index in [0.29, 0.717) is 12.3 Å². The van der Waals surface area contributed by atoms with Gasteiger partial charge in [-0.3, -0.25) is 9.59 Å². The second-order valence-electron chi connectivity index (χ2n) is 9.83. The van der Waals surface area contributed by atoms with Gasteiger partial charge in [-0.2, -0.15) is 0 Å². The number of benzene rings is 1. The molecule has 0 radical (unpaired) electrons. The fourth-order valence-electron chi connectivity index (χ4n) is 6.87. The fraction of sp³-hybridized carbons (Fsp3) is 0.565. The molecule has 3 aliphatic carbocycles. The third-order valence-electron chi connectivity index (χ3n) is 8.07. The molecule has 2 saturated carbocycles. The molecule has 6 atom stereocenters. The predicted octanol–water partition coefficient (Wildman–Crippen LogP) is 3.54. The Hall–Kier alpha value is -2.34. The van der Waals surface area contributed by atoms with Gasteiger partial charge >= 0.3 is 0 Å². The Bertz CT molecular complexity index is 921. The summed E-state index contributed by atoms with van der Waals surface area (Å²) in [4.78, 5) is 25.6. The monoisotopic (exact) mass is 397 g/mol. The highest BCUT2D eigenvalue weighted by molar-refractivity contribution is 5.98. The Morgan fingerprint density at radius 1 is 1.28 bits per heavy atom. The zero-order valence-corrected chi connectivity index (χ0v) is 16.8. The standard InChI is InChI=1S/C23H27NO5/c1-21(8-7-18(28)24-19-14(25)4-3-5-15(19)26)17(27)6-9-23-11-13-10-16(20(21)23)29-22(13,2)12-23/h3-6,9,13,16,20,25-26H,7-8,10-12H2,1-2H3,(H,24,28)/t13?,16-,20?,21+,22-,23-/m0/s1. The summed E-state index contributed by atoms with van der Waals surface area (Å²) in [5, 5.41) is 22.4. The number of amides is 1. The number of nitrogens with one attached hydrogen (secondary N) is 1. The average Bonchev–Trinajstić information content (AvgIpc) is 3.02. The van der Waals surface area contributed by atoms with Crippen LogP contribution in [0.4, 0.5) is 5.69 Å². The van der Waals surface area contributed by atoms with Gasteiger partial charge in [0.25, 0.3) is 0 Å². The molecule has 1 amide bonds. The average molecular weight is 397 g/mol. The van der Waals surface area contributed by atoms with E-state index in [4.69, 9.17) is 4.74 Å². The zero-order valence-electron chi connectivity index (χ0n) is 16.8. The van der Waals surface area contributed by atoms with Crippen LogP contribution in [-0.4, -0.2) is 33.6 Å². The molecule has 29 heavy (non-hydrogen) atoms.